The summed E-state index contributed by atoms with van der Waals surface area (Å²) in [6, 6.07) is 0.448. The molecule has 1 saturated heterocycles. The molecule has 1 saturated carbocycles. The molecule has 1 aliphatic heterocycles. The van der Waals surface area contributed by atoms with Crippen LogP contribution in [0.1, 0.15) is 6.42 Å². The Morgan fingerprint density at radius 2 is 2.00 bits per heavy atom. The van der Waals surface area contributed by atoms with Gasteiger partial charge < -0.3 is 5.32 Å². The summed E-state index contributed by atoms with van der Waals surface area (Å²) in [7, 11) is 0. The van der Waals surface area contributed by atoms with Crippen molar-refractivity contribution in [3.8, 4) is 0 Å². The van der Waals surface area contributed by atoms with E-state index >= 15 is 0 Å². The van der Waals surface area contributed by atoms with Crippen LogP contribution < -0.4 is 5.32 Å². The molecule has 2 aliphatic carbocycles. The summed E-state index contributed by atoms with van der Waals surface area (Å²) < 4.78 is 0. The summed E-state index contributed by atoms with van der Waals surface area (Å²) in [4.78, 5) is 11.2. The van der Waals surface area contributed by atoms with Crippen LogP contribution in [0.25, 0.3) is 0 Å². The fourth-order valence-electron chi connectivity index (χ4n) is 2.67. The molecule has 4 atom stereocenters. The number of fused-ring (bicyclic) bond motifs is 5. The molecule has 12 heavy (non-hydrogen) atoms. The van der Waals surface area contributed by atoms with Gasteiger partial charge in [-0.2, -0.15) is 0 Å². The van der Waals surface area contributed by atoms with Crippen LogP contribution in [0.3, 0.4) is 0 Å². The van der Waals surface area contributed by atoms with Crippen LogP contribution in [0.15, 0.2) is 24.3 Å². The number of allylic oxidation sites excluding steroid dienone is 3. The van der Waals surface area contributed by atoms with Gasteiger partial charge in [0, 0.05) is 6.04 Å². The highest BCUT2D eigenvalue weighted by molar-refractivity contribution is 5.87. The fraction of sp³-hybridized carbons (Fsp3) is 0.500. The van der Waals surface area contributed by atoms with Crippen molar-refractivity contribution < 1.29 is 4.79 Å². The molecule has 0 spiro atoms. The molecule has 0 aromatic rings. The largest absolute Gasteiger partial charge is 0.352 e. The lowest BCUT2D eigenvalue weighted by atomic mass is 9.84. The van der Waals surface area contributed by atoms with E-state index in [1.165, 1.54) is 0 Å². The maximum absolute atomic E-state index is 11.2. The van der Waals surface area contributed by atoms with Gasteiger partial charge in [-0.25, -0.2) is 0 Å². The molecule has 62 valence electrons. The normalized spacial score (nSPS) is 47.8. The summed E-state index contributed by atoms with van der Waals surface area (Å²) in [5.41, 5.74) is 0. The summed E-state index contributed by atoms with van der Waals surface area (Å²) in [5, 5.41) is 2.98. The predicted molar refractivity (Wildman–Crippen MR) is 45.3 cm³/mol. The number of hydrogen-bond acceptors (Lipinski definition) is 1. The summed E-state index contributed by atoms with van der Waals surface area (Å²) >= 11 is 0. The lowest BCUT2D eigenvalue weighted by Gasteiger charge is -2.35. The minimum atomic E-state index is 0.257. The van der Waals surface area contributed by atoms with E-state index in [0.29, 0.717) is 17.9 Å². The molecule has 0 unspecified atom stereocenters. The van der Waals surface area contributed by atoms with E-state index < -0.39 is 0 Å². The molecule has 0 radical (unpaired) electrons. The van der Waals surface area contributed by atoms with Crippen LogP contribution in [-0.4, -0.2) is 11.9 Å². The molecule has 0 aromatic carbocycles. The average Bonchev–Trinajstić information content (AvgIpc) is 2.21. The second kappa shape index (κ2) is 2.00. The number of carbonyl (C=O) groups is 1. The topological polar surface area (TPSA) is 29.1 Å². The van der Waals surface area contributed by atoms with E-state index in [1.807, 2.05) is 0 Å². The Morgan fingerprint density at radius 1 is 1.25 bits per heavy atom. The number of rotatable bonds is 0. The zero-order valence-electron chi connectivity index (χ0n) is 6.73. The first kappa shape index (κ1) is 6.46. The molecule has 1 amide bonds. The number of β-lactam (4-membered cyclic amide) rings is 1. The second-order valence-corrected chi connectivity index (χ2v) is 3.89. The van der Waals surface area contributed by atoms with Crippen LogP contribution in [0.2, 0.25) is 0 Å². The van der Waals surface area contributed by atoms with Crippen molar-refractivity contribution in [3.63, 3.8) is 0 Å². The van der Waals surface area contributed by atoms with Crippen molar-refractivity contribution in [2.24, 2.45) is 17.8 Å². The zero-order chi connectivity index (χ0) is 8.13. The van der Waals surface area contributed by atoms with E-state index in [9.17, 15) is 4.79 Å². The maximum atomic E-state index is 11.2. The van der Waals surface area contributed by atoms with Gasteiger partial charge in [0.2, 0.25) is 5.91 Å². The Morgan fingerprint density at radius 3 is 2.75 bits per heavy atom. The van der Waals surface area contributed by atoms with Crippen molar-refractivity contribution in [2.75, 3.05) is 0 Å². The molecule has 0 aromatic heterocycles. The van der Waals surface area contributed by atoms with Gasteiger partial charge in [-0.05, 0) is 18.3 Å². The Labute approximate surface area is 71.3 Å². The third-order valence-electron chi connectivity index (χ3n) is 3.29. The van der Waals surface area contributed by atoms with Gasteiger partial charge in [0.25, 0.3) is 0 Å². The van der Waals surface area contributed by atoms with Gasteiger partial charge in [0.1, 0.15) is 0 Å². The van der Waals surface area contributed by atoms with Gasteiger partial charge in [-0.1, -0.05) is 24.3 Å². The Kier molecular flexibility index (Phi) is 1.08. The number of nitrogens with one attached hydrogen (secondary N) is 1. The highest BCUT2D eigenvalue weighted by Gasteiger charge is 2.52. The first-order chi connectivity index (χ1) is 5.86. The van der Waals surface area contributed by atoms with Gasteiger partial charge in [-0.15, -0.1) is 0 Å². The van der Waals surface area contributed by atoms with E-state index in [4.69, 9.17) is 0 Å². The monoisotopic (exact) mass is 161 g/mol. The highest BCUT2D eigenvalue weighted by atomic mass is 16.2. The summed E-state index contributed by atoms with van der Waals surface area (Å²) in [6.45, 7) is 0. The minimum absolute atomic E-state index is 0.257. The lowest BCUT2D eigenvalue weighted by Crippen LogP contribution is -2.58. The van der Waals surface area contributed by atoms with Gasteiger partial charge in [0.05, 0.1) is 5.92 Å². The standard InChI is InChI=1S/C10H11NO/c12-10-8-6-3-1-2-4-7(5-6)9(8)11-10/h1-4,6-9H,5H2,(H,11,12)/t6-,7-,8-,9-/m1/s1. The van der Waals surface area contributed by atoms with E-state index in [1.54, 1.807) is 0 Å². The van der Waals surface area contributed by atoms with Crippen LogP contribution in [0.5, 0.6) is 0 Å². The Hall–Kier alpha value is -1.05. The molecule has 1 heterocycles. The van der Waals surface area contributed by atoms with E-state index in [2.05, 4.69) is 29.6 Å². The average molecular weight is 161 g/mol. The third kappa shape index (κ3) is 0.631. The Bertz CT molecular complexity index is 292. The number of hydrogen-bond donors (Lipinski definition) is 1. The molecule has 2 bridgehead atoms. The van der Waals surface area contributed by atoms with Crippen molar-refractivity contribution in [1.29, 1.82) is 0 Å². The number of amides is 1. The Balaban J connectivity index is 1.98. The first-order valence-electron chi connectivity index (χ1n) is 4.51. The van der Waals surface area contributed by atoms with Crippen molar-refractivity contribution in [1.82, 2.24) is 5.32 Å². The SMILES string of the molecule is O=C1N[C@H]2[C@H]1[C@@H]1C=CC=C[C@@H]2C1. The van der Waals surface area contributed by atoms with Crippen LogP contribution in [0.4, 0.5) is 0 Å². The van der Waals surface area contributed by atoms with Crippen molar-refractivity contribution in [2.45, 2.75) is 12.5 Å². The molecule has 2 nitrogen and oxygen atoms in total. The van der Waals surface area contributed by atoms with Gasteiger partial charge in [0.15, 0.2) is 0 Å². The second-order valence-electron chi connectivity index (χ2n) is 3.89. The smallest absolute Gasteiger partial charge is 0.226 e. The molecular weight excluding hydrogens is 150 g/mol. The zero-order valence-corrected chi connectivity index (χ0v) is 6.73. The number of carbonyl (C=O) groups excluding carboxylic acids is 1. The quantitative estimate of drug-likeness (QED) is 0.525. The highest BCUT2D eigenvalue weighted by Crippen LogP contribution is 2.44. The molecular formula is C10H11NO. The summed E-state index contributed by atoms with van der Waals surface area (Å²) in [6.07, 6.45) is 9.74. The molecule has 2 fully saturated rings. The predicted octanol–water partition coefficient (Wildman–Crippen LogP) is 0.863. The van der Waals surface area contributed by atoms with Crippen LogP contribution in [-0.2, 0) is 4.79 Å². The molecule has 3 rings (SSSR count). The third-order valence-corrected chi connectivity index (χ3v) is 3.29. The van der Waals surface area contributed by atoms with Gasteiger partial charge in [-0.3, -0.25) is 4.79 Å². The van der Waals surface area contributed by atoms with E-state index in [0.717, 1.165) is 6.42 Å². The molecule has 3 aliphatic rings. The molecule has 1 N–H and O–H groups in total. The van der Waals surface area contributed by atoms with Gasteiger partial charge >= 0.3 is 0 Å². The van der Waals surface area contributed by atoms with E-state index in [-0.39, 0.29) is 11.8 Å². The van der Waals surface area contributed by atoms with Crippen molar-refractivity contribution in [3.05, 3.63) is 24.3 Å². The van der Waals surface area contributed by atoms with Crippen LogP contribution >= 0.6 is 0 Å². The van der Waals surface area contributed by atoms with Crippen LogP contribution in [0, 0.1) is 17.8 Å². The molecule has 2 heteroatoms. The first-order valence-corrected chi connectivity index (χ1v) is 4.51. The summed E-state index contributed by atoms with van der Waals surface area (Å²) in [5.74, 6) is 1.64. The maximum Gasteiger partial charge on any atom is 0.226 e. The lowest BCUT2D eigenvalue weighted by molar-refractivity contribution is -0.135. The minimum Gasteiger partial charge on any atom is -0.352 e. The van der Waals surface area contributed by atoms with Crippen molar-refractivity contribution >= 4 is 5.91 Å². The fourth-order valence-corrected chi connectivity index (χ4v) is 2.67.